The molecule has 2 fully saturated rings. The van der Waals surface area contributed by atoms with E-state index in [2.05, 4.69) is 26.7 Å². The van der Waals surface area contributed by atoms with E-state index >= 15 is 0 Å². The number of aryl methyl sites for hydroxylation is 1. The third kappa shape index (κ3) is 6.24. The molecule has 0 radical (unpaired) electrons. The summed E-state index contributed by atoms with van der Waals surface area (Å²) in [6.45, 7) is 15.6. The SMILES string of the molecule is C[C@@H]1OCC2(CCN(c3nc4cnn(-c5ccc6nn(C)cc6c5Cl)c4nc3COS(=O)C(C)(C)C)CC2)[C@@H]1N[S@](=O)C(C)(C)C. The molecule has 0 saturated carbocycles. The zero-order valence-electron chi connectivity index (χ0n) is 27.7. The van der Waals surface area contributed by atoms with E-state index in [1.165, 1.54) is 0 Å². The minimum atomic E-state index is -1.56. The van der Waals surface area contributed by atoms with Gasteiger partial charge in [-0.3, -0.25) is 8.86 Å². The quantitative estimate of drug-likeness (QED) is 0.292. The predicted octanol–water partition coefficient (Wildman–Crippen LogP) is 4.76. The number of piperidine rings is 1. The number of benzene rings is 1. The Kier molecular flexibility index (Phi) is 8.86. The second kappa shape index (κ2) is 12.2. The first-order valence-corrected chi connectivity index (χ1v) is 18.1. The predicted molar refractivity (Wildman–Crippen MR) is 183 cm³/mol. The van der Waals surface area contributed by atoms with Crippen LogP contribution in [0.1, 0.15) is 67.0 Å². The Morgan fingerprint density at radius 3 is 2.48 bits per heavy atom. The van der Waals surface area contributed by atoms with Crippen molar-refractivity contribution in [2.24, 2.45) is 12.5 Å². The maximum atomic E-state index is 13.1. The molecule has 2 saturated heterocycles. The first kappa shape index (κ1) is 33.4. The van der Waals surface area contributed by atoms with Gasteiger partial charge >= 0.3 is 0 Å². The van der Waals surface area contributed by atoms with Crippen LogP contribution in [0.4, 0.5) is 5.82 Å². The van der Waals surface area contributed by atoms with Gasteiger partial charge in [-0.1, -0.05) is 11.6 Å². The van der Waals surface area contributed by atoms with Gasteiger partial charge in [0, 0.05) is 37.1 Å². The summed E-state index contributed by atoms with van der Waals surface area (Å²) in [5.74, 6) is 0.677. The van der Waals surface area contributed by atoms with E-state index in [1.807, 2.05) is 66.9 Å². The maximum Gasteiger partial charge on any atom is 0.182 e. The number of rotatable bonds is 7. The van der Waals surface area contributed by atoms with Crippen LogP contribution in [0.25, 0.3) is 27.8 Å². The lowest BCUT2D eigenvalue weighted by atomic mass is 9.73. The number of anilines is 1. The fourth-order valence-electron chi connectivity index (χ4n) is 6.13. The van der Waals surface area contributed by atoms with Crippen molar-refractivity contribution in [2.75, 3.05) is 24.6 Å². The molecule has 4 aromatic rings. The molecule has 1 N–H and O–H groups in total. The van der Waals surface area contributed by atoms with Crippen LogP contribution in [-0.2, 0) is 44.6 Å². The van der Waals surface area contributed by atoms with Crippen LogP contribution in [0.5, 0.6) is 0 Å². The Morgan fingerprint density at radius 2 is 1.80 bits per heavy atom. The largest absolute Gasteiger partial charge is 0.376 e. The Bertz CT molecular complexity index is 1820. The first-order valence-electron chi connectivity index (χ1n) is 15.5. The van der Waals surface area contributed by atoms with Crippen molar-refractivity contribution < 1.29 is 17.3 Å². The third-order valence-electron chi connectivity index (χ3n) is 8.81. The van der Waals surface area contributed by atoms with Crippen molar-refractivity contribution in [3.63, 3.8) is 0 Å². The lowest BCUT2D eigenvalue weighted by molar-refractivity contribution is 0.0973. The van der Waals surface area contributed by atoms with Crippen molar-refractivity contribution in [2.45, 2.75) is 89.6 Å². The molecule has 1 unspecified atom stereocenters. The lowest BCUT2D eigenvalue weighted by Crippen LogP contribution is -2.55. The summed E-state index contributed by atoms with van der Waals surface area (Å²) < 4.78 is 44.0. The fraction of sp³-hybridized carbons (Fsp3) is 0.613. The minimum absolute atomic E-state index is 0.0131. The highest BCUT2D eigenvalue weighted by Gasteiger charge is 2.51. The highest BCUT2D eigenvalue weighted by Crippen LogP contribution is 2.44. The van der Waals surface area contributed by atoms with Crippen molar-refractivity contribution in [1.82, 2.24) is 34.3 Å². The normalized spacial score (nSPS) is 21.9. The van der Waals surface area contributed by atoms with Crippen LogP contribution < -0.4 is 9.62 Å². The van der Waals surface area contributed by atoms with E-state index in [9.17, 15) is 8.42 Å². The van der Waals surface area contributed by atoms with Gasteiger partial charge in [0.25, 0.3) is 0 Å². The van der Waals surface area contributed by atoms with Crippen LogP contribution in [0, 0.1) is 5.41 Å². The maximum absolute atomic E-state index is 13.1. The molecule has 1 aromatic carbocycles. The van der Waals surface area contributed by atoms with Crippen LogP contribution in [0.2, 0.25) is 5.02 Å². The number of aromatic nitrogens is 6. The molecular formula is C31H43ClN8O4S2. The van der Waals surface area contributed by atoms with E-state index in [0.29, 0.717) is 53.1 Å². The second-order valence-corrected chi connectivity index (χ2v) is 18.7. The summed E-state index contributed by atoms with van der Waals surface area (Å²) in [5.41, 5.74) is 3.00. The molecule has 3 aromatic heterocycles. The van der Waals surface area contributed by atoms with Gasteiger partial charge in [-0.05, 0) is 73.4 Å². The Hall–Kier alpha value is -2.49. The van der Waals surface area contributed by atoms with Crippen LogP contribution in [-0.4, -0.2) is 79.3 Å². The molecule has 4 atom stereocenters. The molecule has 2 aliphatic heterocycles. The number of hydrogen-bond donors (Lipinski definition) is 1. The molecule has 0 aliphatic carbocycles. The topological polar surface area (TPSA) is 129 Å². The van der Waals surface area contributed by atoms with Crippen molar-refractivity contribution >= 4 is 61.6 Å². The van der Waals surface area contributed by atoms with Gasteiger partial charge < -0.3 is 9.64 Å². The summed E-state index contributed by atoms with van der Waals surface area (Å²) in [7, 11) is 0.642. The standard InChI is InChI=1S/C31H43ClN8O4S2/c1-19-26(37-45(41)29(2,3)4)31(18-43-19)11-13-39(14-12-31)27-23(17-44-46(42)30(5,6)7)35-28-22(34-27)15-33-40(28)24-10-9-21-20(25(24)32)16-38(8)36-21/h9-10,15-16,19,26,37H,11-14,17-18H2,1-8H3/t19-,26+,45+,46?/m0/s1. The molecule has 6 rings (SSSR count). The minimum Gasteiger partial charge on any atom is -0.376 e. The number of nitrogens with one attached hydrogen (secondary N) is 1. The first-order chi connectivity index (χ1) is 21.6. The van der Waals surface area contributed by atoms with Gasteiger partial charge in [0.05, 0.1) is 61.7 Å². The summed E-state index contributed by atoms with van der Waals surface area (Å²) in [5, 5.41) is 10.4. The summed E-state index contributed by atoms with van der Waals surface area (Å²) in [4.78, 5) is 12.3. The Morgan fingerprint density at radius 1 is 1.09 bits per heavy atom. The molecule has 0 bridgehead atoms. The molecule has 2 aliphatic rings. The van der Waals surface area contributed by atoms with Crippen LogP contribution >= 0.6 is 11.6 Å². The lowest BCUT2D eigenvalue weighted by Gasteiger charge is -2.43. The zero-order valence-corrected chi connectivity index (χ0v) is 30.1. The Labute approximate surface area is 279 Å². The Balaban J connectivity index is 1.33. The number of hydrogen-bond acceptors (Lipinski definition) is 9. The van der Waals surface area contributed by atoms with Gasteiger partial charge in [-0.15, -0.1) is 0 Å². The van der Waals surface area contributed by atoms with Gasteiger partial charge in [0.1, 0.15) is 17.8 Å². The van der Waals surface area contributed by atoms with Crippen LogP contribution in [0.3, 0.4) is 0 Å². The molecule has 12 nitrogen and oxygen atoms in total. The van der Waals surface area contributed by atoms with E-state index in [-0.39, 0.29) is 28.9 Å². The summed E-state index contributed by atoms with van der Waals surface area (Å²) >= 11 is 5.30. The van der Waals surface area contributed by atoms with Crippen molar-refractivity contribution in [3.05, 3.63) is 35.2 Å². The molecule has 15 heteroatoms. The van der Waals surface area contributed by atoms with E-state index in [0.717, 1.165) is 23.7 Å². The van der Waals surface area contributed by atoms with Gasteiger partial charge in [0.15, 0.2) is 22.5 Å². The summed E-state index contributed by atoms with van der Waals surface area (Å²) in [6, 6.07) is 3.75. The third-order valence-corrected chi connectivity index (χ3v) is 12.1. The molecule has 46 heavy (non-hydrogen) atoms. The van der Waals surface area contributed by atoms with E-state index in [1.54, 1.807) is 15.6 Å². The van der Waals surface area contributed by atoms with Gasteiger partial charge in [-0.25, -0.2) is 27.8 Å². The van der Waals surface area contributed by atoms with Gasteiger partial charge in [0.2, 0.25) is 0 Å². The highest BCUT2D eigenvalue weighted by molar-refractivity contribution is 7.84. The average molecular weight is 691 g/mol. The smallest absolute Gasteiger partial charge is 0.182 e. The second-order valence-electron chi connectivity index (χ2n) is 14.3. The summed E-state index contributed by atoms with van der Waals surface area (Å²) in [6.07, 6.45) is 5.16. The highest BCUT2D eigenvalue weighted by atomic mass is 35.5. The number of ether oxygens (including phenoxy) is 1. The van der Waals surface area contributed by atoms with Crippen molar-refractivity contribution in [1.29, 1.82) is 0 Å². The van der Waals surface area contributed by atoms with Gasteiger partial charge in [-0.2, -0.15) is 10.2 Å². The molecule has 250 valence electrons. The zero-order chi connectivity index (χ0) is 33.2. The monoisotopic (exact) mass is 690 g/mol. The van der Waals surface area contributed by atoms with E-state index in [4.69, 9.17) is 30.5 Å². The number of nitrogens with zero attached hydrogens (tertiary/aromatic N) is 7. The molecule has 0 amide bonds. The number of halogens is 1. The van der Waals surface area contributed by atoms with Crippen molar-refractivity contribution in [3.8, 4) is 5.69 Å². The van der Waals surface area contributed by atoms with Crippen LogP contribution in [0.15, 0.2) is 24.5 Å². The molecule has 5 heterocycles. The fourth-order valence-corrected chi connectivity index (χ4v) is 8.02. The van der Waals surface area contributed by atoms with E-state index < -0.39 is 26.8 Å². The average Bonchev–Trinajstić information content (AvgIpc) is 3.66. The number of fused-ring (bicyclic) bond motifs is 2. The molecular weight excluding hydrogens is 648 g/mol. The molecule has 1 spiro atoms.